The molecule has 13 nitrogen and oxygen atoms in total. The highest BCUT2D eigenvalue weighted by Gasteiger charge is 2.25. The summed E-state index contributed by atoms with van der Waals surface area (Å²) in [4.78, 5) is 24.5. The Bertz CT molecular complexity index is 1410. The molecule has 0 fully saturated rings. The minimum Gasteiger partial charge on any atom is -0.493 e. The Hall–Kier alpha value is -5.07. The molecule has 0 unspecified atom stereocenters. The van der Waals surface area contributed by atoms with Crippen LogP contribution in [0.4, 0.5) is 5.82 Å². The molecule has 0 aliphatic heterocycles. The monoisotopic (exact) mass is 476 g/mol. The van der Waals surface area contributed by atoms with E-state index in [1.54, 1.807) is 30.3 Å². The van der Waals surface area contributed by atoms with E-state index in [-0.39, 0.29) is 23.1 Å². The number of methoxy groups -OCH3 is 1. The zero-order valence-corrected chi connectivity index (χ0v) is 18.9. The van der Waals surface area contributed by atoms with Crippen LogP contribution in [0.15, 0.2) is 52.2 Å². The van der Waals surface area contributed by atoms with Crippen molar-refractivity contribution in [2.45, 2.75) is 13.8 Å². The SMILES string of the molecule is COc1cccc(C=NNC(=O)c2nnn(-c3nonc3N)c2-c2ccc(C)cc2)c1OC(C)=O. The van der Waals surface area contributed by atoms with Gasteiger partial charge in [-0.1, -0.05) is 41.1 Å². The minimum atomic E-state index is -0.657. The van der Waals surface area contributed by atoms with Gasteiger partial charge in [0.05, 0.1) is 13.3 Å². The van der Waals surface area contributed by atoms with Gasteiger partial charge < -0.3 is 15.2 Å². The topological polar surface area (TPSA) is 173 Å². The number of nitrogens with zero attached hydrogens (tertiary/aromatic N) is 6. The third kappa shape index (κ3) is 4.83. The van der Waals surface area contributed by atoms with Gasteiger partial charge in [0, 0.05) is 18.1 Å². The zero-order chi connectivity index (χ0) is 24.9. The van der Waals surface area contributed by atoms with Crippen LogP contribution in [-0.4, -0.2) is 50.5 Å². The number of amides is 1. The average Bonchev–Trinajstić information content (AvgIpc) is 3.46. The number of esters is 1. The maximum atomic E-state index is 13.0. The third-order valence-corrected chi connectivity index (χ3v) is 4.75. The number of aromatic nitrogens is 5. The highest BCUT2D eigenvalue weighted by molar-refractivity contribution is 5.99. The first kappa shape index (κ1) is 23.1. The van der Waals surface area contributed by atoms with Crippen molar-refractivity contribution in [2.24, 2.45) is 5.10 Å². The maximum Gasteiger partial charge on any atom is 0.308 e. The predicted molar refractivity (Wildman–Crippen MR) is 123 cm³/mol. The average molecular weight is 476 g/mol. The van der Waals surface area contributed by atoms with Crippen LogP contribution in [0.25, 0.3) is 17.1 Å². The van der Waals surface area contributed by atoms with Crippen LogP contribution in [0.2, 0.25) is 0 Å². The van der Waals surface area contributed by atoms with E-state index in [2.05, 4.69) is 35.8 Å². The van der Waals surface area contributed by atoms with Crippen LogP contribution in [0.1, 0.15) is 28.5 Å². The van der Waals surface area contributed by atoms with Crippen LogP contribution < -0.4 is 20.6 Å². The Morgan fingerprint density at radius 1 is 1.17 bits per heavy atom. The molecule has 2 heterocycles. The van der Waals surface area contributed by atoms with E-state index in [4.69, 9.17) is 15.2 Å². The van der Waals surface area contributed by atoms with Gasteiger partial charge in [-0.25, -0.2) is 10.1 Å². The van der Waals surface area contributed by atoms with E-state index in [9.17, 15) is 9.59 Å². The van der Waals surface area contributed by atoms with Gasteiger partial charge in [0.2, 0.25) is 11.6 Å². The molecule has 0 saturated heterocycles. The number of aryl methyl sites for hydroxylation is 1. The lowest BCUT2D eigenvalue weighted by Gasteiger charge is -2.10. The van der Waals surface area contributed by atoms with Crippen molar-refractivity contribution >= 4 is 23.9 Å². The molecule has 4 rings (SSSR count). The highest BCUT2D eigenvalue weighted by Crippen LogP contribution is 2.30. The molecule has 0 saturated carbocycles. The number of nitrogens with one attached hydrogen (secondary N) is 1. The predicted octanol–water partition coefficient (Wildman–Crippen LogP) is 1.91. The molecular formula is C22H20N8O5. The molecule has 0 bridgehead atoms. The van der Waals surface area contributed by atoms with Gasteiger partial charge >= 0.3 is 5.97 Å². The van der Waals surface area contributed by atoms with Gasteiger partial charge in [0.1, 0.15) is 5.69 Å². The van der Waals surface area contributed by atoms with Gasteiger partial charge in [-0.15, -0.1) is 5.10 Å². The molecule has 0 aliphatic rings. The Morgan fingerprint density at radius 3 is 2.60 bits per heavy atom. The van der Waals surface area contributed by atoms with Crippen molar-refractivity contribution in [1.29, 1.82) is 0 Å². The van der Waals surface area contributed by atoms with Gasteiger partial charge in [-0.3, -0.25) is 9.59 Å². The summed E-state index contributed by atoms with van der Waals surface area (Å²) in [6.45, 7) is 3.20. The number of carbonyl (C=O) groups is 2. The molecule has 178 valence electrons. The van der Waals surface area contributed by atoms with Gasteiger partial charge in [-0.05, 0) is 29.4 Å². The summed E-state index contributed by atoms with van der Waals surface area (Å²) < 4.78 is 16.4. The molecule has 2 aromatic heterocycles. The number of anilines is 1. The second-order valence-electron chi connectivity index (χ2n) is 7.21. The first-order valence-corrected chi connectivity index (χ1v) is 10.2. The van der Waals surface area contributed by atoms with Crippen LogP contribution in [0.3, 0.4) is 0 Å². The van der Waals surface area contributed by atoms with E-state index >= 15 is 0 Å². The Labute approximate surface area is 198 Å². The number of ether oxygens (including phenoxy) is 2. The molecule has 4 aromatic rings. The van der Waals surface area contributed by atoms with Crippen molar-refractivity contribution in [3.8, 4) is 28.6 Å². The highest BCUT2D eigenvalue weighted by atomic mass is 16.6. The second-order valence-corrected chi connectivity index (χ2v) is 7.21. The molecule has 0 spiro atoms. The lowest BCUT2D eigenvalue weighted by atomic mass is 10.1. The number of benzene rings is 2. The number of carbonyl (C=O) groups excluding carboxylic acids is 2. The summed E-state index contributed by atoms with van der Waals surface area (Å²) in [5, 5.41) is 19.3. The molecule has 2 aromatic carbocycles. The number of nitrogens with two attached hydrogens (primary N) is 1. The van der Waals surface area contributed by atoms with Crippen molar-refractivity contribution in [2.75, 3.05) is 12.8 Å². The van der Waals surface area contributed by atoms with Crippen LogP contribution in [-0.2, 0) is 4.79 Å². The Kier molecular flexibility index (Phi) is 6.48. The first-order chi connectivity index (χ1) is 16.9. The quantitative estimate of drug-likeness (QED) is 0.174. The fraction of sp³-hybridized carbons (Fsp3) is 0.136. The fourth-order valence-electron chi connectivity index (χ4n) is 3.15. The van der Waals surface area contributed by atoms with Gasteiger partial charge in [0.25, 0.3) is 5.91 Å². The van der Waals surface area contributed by atoms with Gasteiger partial charge in [0.15, 0.2) is 17.2 Å². The first-order valence-electron chi connectivity index (χ1n) is 10.2. The number of nitrogen functional groups attached to an aromatic ring is 1. The summed E-state index contributed by atoms with van der Waals surface area (Å²) in [5.41, 5.74) is 10.5. The second kappa shape index (κ2) is 9.82. The van der Waals surface area contributed by atoms with E-state index in [0.717, 1.165) is 5.56 Å². The minimum absolute atomic E-state index is 0.0238. The molecule has 35 heavy (non-hydrogen) atoms. The summed E-state index contributed by atoms with van der Waals surface area (Å²) in [6, 6.07) is 12.3. The number of hydrazone groups is 1. The van der Waals surface area contributed by atoms with E-state index in [0.29, 0.717) is 22.6 Å². The fourth-order valence-corrected chi connectivity index (χ4v) is 3.15. The lowest BCUT2D eigenvalue weighted by Crippen LogP contribution is -2.19. The molecule has 3 N–H and O–H groups in total. The molecule has 1 amide bonds. The van der Waals surface area contributed by atoms with E-state index in [1.165, 1.54) is 24.9 Å². The molecule has 0 radical (unpaired) electrons. The van der Waals surface area contributed by atoms with E-state index in [1.807, 2.05) is 19.1 Å². The number of para-hydroxylation sites is 1. The number of hydrogen-bond acceptors (Lipinski definition) is 11. The number of rotatable bonds is 7. The molecule has 13 heteroatoms. The molecular weight excluding hydrogens is 456 g/mol. The summed E-state index contributed by atoms with van der Waals surface area (Å²) in [5.74, 6) is -0.633. The Morgan fingerprint density at radius 2 is 1.94 bits per heavy atom. The zero-order valence-electron chi connectivity index (χ0n) is 18.9. The smallest absolute Gasteiger partial charge is 0.308 e. The largest absolute Gasteiger partial charge is 0.493 e. The van der Waals surface area contributed by atoms with Gasteiger partial charge in [-0.2, -0.15) is 9.78 Å². The summed E-state index contributed by atoms with van der Waals surface area (Å²) in [6.07, 6.45) is 1.31. The number of hydrogen-bond donors (Lipinski definition) is 2. The van der Waals surface area contributed by atoms with E-state index < -0.39 is 11.9 Å². The van der Waals surface area contributed by atoms with Crippen molar-refractivity contribution in [1.82, 2.24) is 30.7 Å². The third-order valence-electron chi connectivity index (χ3n) is 4.75. The van der Waals surface area contributed by atoms with Crippen molar-refractivity contribution in [3.63, 3.8) is 0 Å². The standard InChI is InChI=1S/C22H20N8O5/c1-12-7-9-14(10-8-12)18-17(25-29-30(18)21-20(23)27-35-28-21)22(32)26-24-11-15-5-4-6-16(33-3)19(15)34-13(2)31/h4-11H,1-3H3,(H2,23,27)(H,26,32). The molecule has 0 aliphatic carbocycles. The Balaban J connectivity index is 1.67. The normalized spacial score (nSPS) is 10.9. The summed E-state index contributed by atoms with van der Waals surface area (Å²) >= 11 is 0. The summed E-state index contributed by atoms with van der Waals surface area (Å²) in [7, 11) is 1.44. The van der Waals surface area contributed by atoms with Crippen molar-refractivity contribution in [3.05, 3.63) is 59.3 Å². The molecule has 0 atom stereocenters. The lowest BCUT2D eigenvalue weighted by molar-refractivity contribution is -0.132. The maximum absolute atomic E-state index is 13.0. The van der Waals surface area contributed by atoms with Crippen LogP contribution in [0, 0.1) is 6.92 Å². The van der Waals surface area contributed by atoms with Crippen molar-refractivity contribution < 1.29 is 23.7 Å². The van der Waals surface area contributed by atoms with Crippen LogP contribution >= 0.6 is 0 Å². The van der Waals surface area contributed by atoms with Crippen LogP contribution in [0.5, 0.6) is 11.5 Å².